The molecule has 0 saturated carbocycles. The molecule has 124 valence electrons. The third-order valence-corrected chi connectivity index (χ3v) is 4.72. The van der Waals surface area contributed by atoms with Gasteiger partial charge in [-0.15, -0.1) is 0 Å². The number of carbonyl (C=O) groups is 1. The molecule has 0 saturated heterocycles. The van der Waals surface area contributed by atoms with Crippen LogP contribution < -0.4 is 10.7 Å². The Hall–Kier alpha value is -2.39. The number of carbonyl (C=O) groups excluding carboxylic acids is 1. The molecule has 0 radical (unpaired) electrons. The molecule has 0 atom stereocenters. The van der Waals surface area contributed by atoms with E-state index in [4.69, 9.17) is 5.26 Å². The fourth-order valence-corrected chi connectivity index (χ4v) is 2.81. The molecule has 2 rings (SSSR count). The smallest absolute Gasteiger partial charge is 0.256 e. The van der Waals surface area contributed by atoms with Crippen LogP contribution in [0.15, 0.2) is 39.7 Å². The number of aryl methyl sites for hydroxylation is 2. The van der Waals surface area contributed by atoms with Gasteiger partial charge in [0, 0.05) is 25.0 Å². The first-order valence-corrected chi connectivity index (χ1v) is 8.44. The Morgan fingerprint density at radius 3 is 2.58 bits per heavy atom. The van der Waals surface area contributed by atoms with Gasteiger partial charge in [0.1, 0.15) is 5.56 Å². The summed E-state index contributed by atoms with van der Waals surface area (Å²) in [6.45, 7) is 4.74. The summed E-state index contributed by atoms with van der Waals surface area (Å²) in [4.78, 5) is 24.3. The van der Waals surface area contributed by atoms with E-state index in [0.29, 0.717) is 23.1 Å². The molecular weight excluding hydrogens is 370 g/mol. The van der Waals surface area contributed by atoms with E-state index in [-0.39, 0.29) is 16.9 Å². The Bertz CT molecular complexity index is 848. The standard InChI is InChI=1S/C18H18BrN3O2/c1-3-21-18(24)15-11-22(12(2)16(19)17(15)23)9-8-13-4-6-14(10-20)7-5-13/h4-7,11H,3,8-9H2,1-2H3,(H,21,24). The van der Waals surface area contributed by atoms with Crippen LogP contribution >= 0.6 is 15.9 Å². The van der Waals surface area contributed by atoms with Gasteiger partial charge in [-0.3, -0.25) is 9.59 Å². The van der Waals surface area contributed by atoms with Crippen molar-refractivity contribution in [3.63, 3.8) is 0 Å². The Balaban J connectivity index is 2.27. The molecule has 1 aromatic heterocycles. The third kappa shape index (κ3) is 3.92. The molecule has 6 heteroatoms. The van der Waals surface area contributed by atoms with Crippen LogP contribution in [0, 0.1) is 18.3 Å². The van der Waals surface area contributed by atoms with Crippen LogP contribution in [0.1, 0.15) is 34.1 Å². The predicted molar refractivity (Wildman–Crippen MR) is 96.0 cm³/mol. The normalized spacial score (nSPS) is 10.2. The minimum Gasteiger partial charge on any atom is -0.352 e. The molecule has 0 bridgehead atoms. The molecule has 0 aliphatic rings. The highest BCUT2D eigenvalue weighted by atomic mass is 79.9. The zero-order valence-corrected chi connectivity index (χ0v) is 15.2. The van der Waals surface area contributed by atoms with Gasteiger partial charge in [-0.25, -0.2) is 0 Å². The number of aromatic nitrogens is 1. The van der Waals surface area contributed by atoms with Crippen molar-refractivity contribution in [1.82, 2.24) is 9.88 Å². The van der Waals surface area contributed by atoms with Crippen molar-refractivity contribution in [3.8, 4) is 6.07 Å². The average molecular weight is 388 g/mol. The lowest BCUT2D eigenvalue weighted by Crippen LogP contribution is -2.30. The summed E-state index contributed by atoms with van der Waals surface area (Å²) in [7, 11) is 0. The van der Waals surface area contributed by atoms with Crippen molar-refractivity contribution in [3.05, 3.63) is 67.5 Å². The average Bonchev–Trinajstić information content (AvgIpc) is 2.59. The Morgan fingerprint density at radius 1 is 1.33 bits per heavy atom. The first kappa shape index (κ1) is 18.0. The van der Waals surface area contributed by atoms with Crippen LogP contribution in [-0.4, -0.2) is 17.0 Å². The van der Waals surface area contributed by atoms with Gasteiger partial charge in [0.05, 0.1) is 16.1 Å². The maximum atomic E-state index is 12.3. The van der Waals surface area contributed by atoms with Crippen molar-refractivity contribution >= 4 is 21.8 Å². The third-order valence-electron chi connectivity index (χ3n) is 3.78. The SMILES string of the molecule is CCNC(=O)c1cn(CCc2ccc(C#N)cc2)c(C)c(Br)c1=O. The zero-order chi connectivity index (χ0) is 17.7. The predicted octanol–water partition coefficient (Wildman–Crippen LogP) is 2.78. The molecule has 5 nitrogen and oxygen atoms in total. The van der Waals surface area contributed by atoms with Crippen LogP contribution in [0.2, 0.25) is 0 Å². The van der Waals surface area contributed by atoms with Crippen LogP contribution in [0.3, 0.4) is 0 Å². The second-order valence-electron chi connectivity index (χ2n) is 5.38. The van der Waals surface area contributed by atoms with E-state index >= 15 is 0 Å². The van der Waals surface area contributed by atoms with Gasteiger partial charge in [0.25, 0.3) is 5.91 Å². The number of halogens is 1. The van der Waals surface area contributed by atoms with Crippen molar-refractivity contribution in [1.29, 1.82) is 5.26 Å². The van der Waals surface area contributed by atoms with Gasteiger partial charge >= 0.3 is 0 Å². The molecule has 0 spiro atoms. The number of amides is 1. The minimum atomic E-state index is -0.365. The minimum absolute atomic E-state index is 0.133. The number of nitrogens with one attached hydrogen (secondary N) is 1. The van der Waals surface area contributed by atoms with Gasteiger partial charge in [-0.2, -0.15) is 5.26 Å². The number of pyridine rings is 1. The largest absolute Gasteiger partial charge is 0.352 e. The maximum Gasteiger partial charge on any atom is 0.256 e. The van der Waals surface area contributed by atoms with Crippen molar-refractivity contribution < 1.29 is 4.79 Å². The number of hydrogen-bond acceptors (Lipinski definition) is 3. The van der Waals surface area contributed by atoms with Gasteiger partial charge in [0.15, 0.2) is 0 Å². The molecule has 2 aromatic rings. The van der Waals surface area contributed by atoms with Gasteiger partial charge < -0.3 is 9.88 Å². The van der Waals surface area contributed by atoms with Crippen molar-refractivity contribution in [2.45, 2.75) is 26.8 Å². The summed E-state index contributed by atoms with van der Waals surface area (Å²) in [6, 6.07) is 9.48. The van der Waals surface area contributed by atoms with E-state index in [1.54, 1.807) is 18.3 Å². The quantitative estimate of drug-likeness (QED) is 0.856. The van der Waals surface area contributed by atoms with E-state index in [2.05, 4.69) is 27.3 Å². The summed E-state index contributed by atoms with van der Waals surface area (Å²) in [5, 5.41) is 11.5. The molecule has 0 fully saturated rings. The lowest BCUT2D eigenvalue weighted by Gasteiger charge is -2.14. The van der Waals surface area contributed by atoms with E-state index < -0.39 is 0 Å². The molecule has 0 aliphatic heterocycles. The molecule has 24 heavy (non-hydrogen) atoms. The first-order valence-electron chi connectivity index (χ1n) is 7.64. The first-order chi connectivity index (χ1) is 11.5. The Morgan fingerprint density at radius 2 is 2.00 bits per heavy atom. The number of rotatable bonds is 5. The zero-order valence-electron chi connectivity index (χ0n) is 13.6. The van der Waals surface area contributed by atoms with Crippen molar-refractivity contribution in [2.75, 3.05) is 6.54 Å². The summed E-state index contributed by atoms with van der Waals surface area (Å²) in [5.41, 5.74) is 2.33. The van der Waals surface area contributed by atoms with E-state index in [1.807, 2.05) is 30.5 Å². The number of nitriles is 1. The van der Waals surface area contributed by atoms with Gasteiger partial charge in [-0.05, 0) is 53.9 Å². The van der Waals surface area contributed by atoms with E-state index in [9.17, 15) is 9.59 Å². The highest BCUT2D eigenvalue weighted by molar-refractivity contribution is 9.10. The maximum absolute atomic E-state index is 12.3. The van der Waals surface area contributed by atoms with Crippen LogP contribution in [0.4, 0.5) is 0 Å². The topological polar surface area (TPSA) is 74.9 Å². The summed E-state index contributed by atoms with van der Waals surface area (Å²) < 4.78 is 2.31. The van der Waals surface area contributed by atoms with E-state index in [1.165, 1.54) is 0 Å². The molecule has 1 N–H and O–H groups in total. The number of hydrogen-bond donors (Lipinski definition) is 1. The second-order valence-corrected chi connectivity index (χ2v) is 6.18. The molecule has 0 unspecified atom stereocenters. The second kappa shape index (κ2) is 7.93. The van der Waals surface area contributed by atoms with Gasteiger partial charge in [-0.1, -0.05) is 12.1 Å². The highest BCUT2D eigenvalue weighted by Gasteiger charge is 2.16. The monoisotopic (exact) mass is 387 g/mol. The van der Waals surface area contributed by atoms with Crippen molar-refractivity contribution in [2.24, 2.45) is 0 Å². The van der Waals surface area contributed by atoms with Gasteiger partial charge in [0.2, 0.25) is 5.43 Å². The molecule has 0 aliphatic carbocycles. The Labute approximate surface area is 149 Å². The lowest BCUT2D eigenvalue weighted by molar-refractivity contribution is 0.0954. The fraction of sp³-hybridized carbons (Fsp3) is 0.278. The summed E-state index contributed by atoms with van der Waals surface area (Å²) in [5.74, 6) is -0.365. The lowest BCUT2D eigenvalue weighted by atomic mass is 10.1. The number of benzene rings is 1. The summed E-state index contributed by atoms with van der Waals surface area (Å²) >= 11 is 3.30. The fourth-order valence-electron chi connectivity index (χ4n) is 2.37. The molecular formula is C18H18BrN3O2. The molecule has 1 aromatic carbocycles. The van der Waals surface area contributed by atoms with Crippen LogP contribution in [-0.2, 0) is 13.0 Å². The molecule has 1 heterocycles. The van der Waals surface area contributed by atoms with E-state index in [0.717, 1.165) is 17.7 Å². The molecule has 1 amide bonds. The Kier molecular flexibility index (Phi) is 5.93. The van der Waals surface area contributed by atoms with Crippen LogP contribution in [0.5, 0.6) is 0 Å². The van der Waals surface area contributed by atoms with Crippen LogP contribution in [0.25, 0.3) is 0 Å². The summed E-state index contributed by atoms with van der Waals surface area (Å²) in [6.07, 6.45) is 2.34. The number of nitrogens with zero attached hydrogens (tertiary/aromatic N) is 2. The highest BCUT2D eigenvalue weighted by Crippen LogP contribution is 2.14.